The maximum absolute atomic E-state index is 9.22. The molecule has 0 aliphatic rings. The number of hydrogen-bond acceptors (Lipinski definition) is 1. The van der Waals surface area contributed by atoms with E-state index in [0.717, 1.165) is 5.39 Å². The molecule has 0 saturated carbocycles. The fourth-order valence-electron chi connectivity index (χ4n) is 5.18. The second kappa shape index (κ2) is 8.33. The monoisotopic (exact) mass is 499 g/mol. The lowest BCUT2D eigenvalue weighted by atomic mass is 9.86. The molecule has 0 atom stereocenters. The lowest BCUT2D eigenvalue weighted by Crippen LogP contribution is -1.95. The minimum atomic E-state index is -0.651. The molecule has 0 amide bonds. The summed E-state index contributed by atoms with van der Waals surface area (Å²) in [5, 5.41) is 0.289. The molecule has 1 heteroatoms. The summed E-state index contributed by atoms with van der Waals surface area (Å²) in [6, 6.07) is 3.63. The van der Waals surface area contributed by atoms with Crippen molar-refractivity contribution in [3.05, 3.63) is 144 Å². The van der Waals surface area contributed by atoms with Crippen LogP contribution in [0.15, 0.2) is 138 Å². The van der Waals surface area contributed by atoms with Gasteiger partial charge in [-0.2, -0.15) is 0 Å². The Kier molecular flexibility index (Phi) is 2.46. The fourth-order valence-corrected chi connectivity index (χ4v) is 5.18. The molecule has 0 fully saturated rings. The van der Waals surface area contributed by atoms with Crippen molar-refractivity contribution < 1.29 is 25.0 Å². The number of para-hydroxylation sites is 2. The van der Waals surface area contributed by atoms with Gasteiger partial charge in [-0.3, -0.25) is 0 Å². The molecular weight excluding hydrogens is 460 g/mol. The van der Waals surface area contributed by atoms with Gasteiger partial charge in [-0.25, -0.2) is 0 Å². The molecule has 8 aromatic rings. The van der Waals surface area contributed by atoms with Crippen LogP contribution in [0.3, 0.4) is 0 Å². The predicted octanol–water partition coefficient (Wildman–Crippen LogP) is 10.3. The molecule has 7 aromatic carbocycles. The molecule has 0 unspecified atom stereocenters. The first-order valence-corrected chi connectivity index (χ1v) is 11.9. The summed E-state index contributed by atoms with van der Waals surface area (Å²) < 4.78 is 138. The van der Waals surface area contributed by atoms with E-state index in [1.54, 1.807) is 24.3 Å². The van der Waals surface area contributed by atoms with Crippen molar-refractivity contribution in [1.82, 2.24) is 0 Å². The third-order valence-corrected chi connectivity index (χ3v) is 6.81. The van der Waals surface area contributed by atoms with Gasteiger partial charge in [0.15, 0.2) is 0 Å². The molecule has 178 valence electrons. The van der Waals surface area contributed by atoms with Crippen LogP contribution in [-0.2, 0) is 6.42 Å². The van der Waals surface area contributed by atoms with Gasteiger partial charge in [-0.05, 0) is 55.9 Å². The molecule has 0 bridgehead atoms. The van der Waals surface area contributed by atoms with E-state index in [2.05, 4.69) is 0 Å². The van der Waals surface area contributed by atoms with Gasteiger partial charge < -0.3 is 4.42 Å². The van der Waals surface area contributed by atoms with E-state index in [1.807, 2.05) is 18.2 Å². The van der Waals surface area contributed by atoms with E-state index in [0.29, 0.717) is 22.1 Å². The maximum Gasteiger partial charge on any atom is 0.143 e. The highest BCUT2D eigenvalue weighted by Gasteiger charge is 2.19. The molecule has 1 aromatic heterocycles. The Labute approximate surface area is 241 Å². The van der Waals surface area contributed by atoms with Crippen molar-refractivity contribution in [3.63, 3.8) is 0 Å². The standard InChI is InChI=1S/C37H24O/c1-2-11-26-22-24(20-21-25(26)10-1)23-34-27-12-3-5-15-30(27)36(31-16-6-4-13-28(31)34)33-18-9-17-32-29-14-7-8-19-35(29)38-37(32)33/h1-22H,23H2/i1D,2D,3D,4D,5D,6D,10D,11D,12D,13D,15D,16D,20D,21D,22D. The molecule has 0 spiro atoms. The zero-order valence-corrected chi connectivity index (χ0v) is 19.7. The van der Waals surface area contributed by atoms with Crippen LogP contribution in [0.2, 0.25) is 0 Å². The molecule has 0 aliphatic carbocycles. The Morgan fingerprint density at radius 3 is 2.00 bits per heavy atom. The normalized spacial score (nSPS) is 17.3. The molecule has 0 saturated heterocycles. The Balaban J connectivity index is 1.62. The first kappa shape index (κ1) is 11.2. The van der Waals surface area contributed by atoms with Crippen molar-refractivity contribution in [1.29, 1.82) is 0 Å². The minimum absolute atomic E-state index is 0.0633. The van der Waals surface area contributed by atoms with E-state index in [4.69, 9.17) is 19.5 Å². The van der Waals surface area contributed by atoms with Gasteiger partial charge in [0.2, 0.25) is 0 Å². The number of benzene rings is 7. The molecule has 1 heterocycles. The topological polar surface area (TPSA) is 13.1 Å². The van der Waals surface area contributed by atoms with Crippen LogP contribution in [0.5, 0.6) is 0 Å². The highest BCUT2D eigenvalue weighted by atomic mass is 16.3. The summed E-state index contributed by atoms with van der Waals surface area (Å²) in [5.41, 5.74) is 0.892. The summed E-state index contributed by atoms with van der Waals surface area (Å²) >= 11 is 0. The van der Waals surface area contributed by atoms with Gasteiger partial charge in [0.05, 0.1) is 20.6 Å². The van der Waals surface area contributed by atoms with Crippen molar-refractivity contribution in [2.24, 2.45) is 0 Å². The Hall–Kier alpha value is -4.88. The molecule has 0 N–H and O–H groups in total. The lowest BCUT2D eigenvalue weighted by molar-refractivity contribution is 0.670. The third kappa shape index (κ3) is 3.19. The average Bonchev–Trinajstić information content (AvgIpc) is 3.54. The van der Waals surface area contributed by atoms with Gasteiger partial charge in [0, 0.05) is 21.9 Å². The van der Waals surface area contributed by atoms with Gasteiger partial charge in [0.25, 0.3) is 0 Å². The number of furan rings is 1. The van der Waals surface area contributed by atoms with Crippen LogP contribution in [0.1, 0.15) is 31.7 Å². The predicted molar refractivity (Wildman–Crippen MR) is 161 cm³/mol. The van der Waals surface area contributed by atoms with Crippen molar-refractivity contribution in [3.8, 4) is 11.1 Å². The maximum atomic E-state index is 9.22. The summed E-state index contributed by atoms with van der Waals surface area (Å²) in [6.45, 7) is 0. The average molecular weight is 500 g/mol. The first-order chi connectivity index (χ1) is 25.1. The summed E-state index contributed by atoms with van der Waals surface area (Å²) in [6.07, 6.45) is -0.561. The van der Waals surface area contributed by atoms with Crippen LogP contribution in [0.4, 0.5) is 0 Å². The van der Waals surface area contributed by atoms with Gasteiger partial charge >= 0.3 is 0 Å². The van der Waals surface area contributed by atoms with E-state index >= 15 is 0 Å². The lowest BCUT2D eigenvalue weighted by Gasteiger charge is -2.18. The van der Waals surface area contributed by atoms with E-state index in [-0.39, 0.29) is 49.0 Å². The minimum Gasteiger partial charge on any atom is -0.455 e. The first-order valence-electron chi connectivity index (χ1n) is 19.4. The summed E-state index contributed by atoms with van der Waals surface area (Å²) in [4.78, 5) is 0. The second-order valence-corrected chi connectivity index (χ2v) is 8.91. The van der Waals surface area contributed by atoms with E-state index < -0.39 is 97.1 Å². The van der Waals surface area contributed by atoms with Gasteiger partial charge in [0.1, 0.15) is 11.2 Å². The largest absolute Gasteiger partial charge is 0.455 e. The SMILES string of the molecule is [2H]c1c([2H])c([2H])c2c([2H])c(Cc3c4c([2H])c([2H])c([2H])c([2H])c4c(-c4cccc5c4oc4ccccc45)c4c([2H])c([2H])c([2H])c([2H])c34)c([2H])c([2H])c2c1[2H]. The third-order valence-electron chi connectivity index (χ3n) is 6.81. The van der Waals surface area contributed by atoms with Crippen molar-refractivity contribution in [2.45, 2.75) is 6.42 Å². The van der Waals surface area contributed by atoms with Gasteiger partial charge in [-0.15, -0.1) is 0 Å². The zero-order chi connectivity index (χ0) is 38.1. The van der Waals surface area contributed by atoms with Crippen LogP contribution in [0, 0.1) is 0 Å². The number of rotatable bonds is 3. The van der Waals surface area contributed by atoms with E-state index in [1.165, 1.54) is 0 Å². The fraction of sp³-hybridized carbons (Fsp3) is 0.0270. The van der Waals surface area contributed by atoms with Crippen LogP contribution >= 0.6 is 0 Å². The molecule has 8 rings (SSSR count). The van der Waals surface area contributed by atoms with Crippen LogP contribution in [0.25, 0.3) is 65.4 Å². The molecular formula is C37H24O. The number of hydrogen-bond donors (Lipinski definition) is 0. The number of fused-ring (bicyclic) bond motifs is 6. The Morgan fingerprint density at radius 1 is 0.553 bits per heavy atom. The van der Waals surface area contributed by atoms with Crippen LogP contribution < -0.4 is 0 Å². The van der Waals surface area contributed by atoms with Crippen LogP contribution in [-0.4, -0.2) is 0 Å². The molecule has 0 radical (unpaired) electrons. The quantitative estimate of drug-likeness (QED) is 0.220. The molecule has 0 aliphatic heterocycles. The van der Waals surface area contributed by atoms with E-state index in [9.17, 15) is 5.48 Å². The summed E-state index contributed by atoms with van der Waals surface area (Å²) in [7, 11) is 0. The second-order valence-electron chi connectivity index (χ2n) is 8.91. The van der Waals surface area contributed by atoms with Gasteiger partial charge in [-0.1, -0.05) is 127 Å². The highest BCUT2D eigenvalue weighted by Crippen LogP contribution is 2.44. The Morgan fingerprint density at radius 2 is 1.21 bits per heavy atom. The molecule has 38 heavy (non-hydrogen) atoms. The highest BCUT2D eigenvalue weighted by molar-refractivity contribution is 6.20. The Bertz CT molecular complexity index is 2900. The smallest absolute Gasteiger partial charge is 0.143 e. The zero-order valence-electron chi connectivity index (χ0n) is 34.7. The van der Waals surface area contributed by atoms with Crippen molar-refractivity contribution in [2.75, 3.05) is 0 Å². The van der Waals surface area contributed by atoms with Crippen molar-refractivity contribution >= 4 is 54.3 Å². The molecule has 1 nitrogen and oxygen atoms in total. The summed E-state index contributed by atoms with van der Waals surface area (Å²) in [5.74, 6) is 0.